The second kappa shape index (κ2) is 4.06. The van der Waals surface area contributed by atoms with Crippen molar-refractivity contribution in [2.45, 2.75) is 13.0 Å². The Balaban J connectivity index is 2.95. The fourth-order valence-electron chi connectivity index (χ4n) is 1.03. The lowest BCUT2D eigenvalue weighted by Crippen LogP contribution is -2.10. The Bertz CT molecular complexity index is 353. The molecule has 0 aliphatic carbocycles. The molecule has 0 aliphatic heterocycles. The number of anilines is 1. The number of amides is 1. The first-order chi connectivity index (χ1) is 6.50. The van der Waals surface area contributed by atoms with E-state index < -0.39 is 11.9 Å². The van der Waals surface area contributed by atoms with E-state index in [2.05, 4.69) is 0 Å². The number of carbonyl (C=O) groups is 1. The summed E-state index contributed by atoms with van der Waals surface area (Å²) in [4.78, 5) is 10.2. The number of halogens is 1. The van der Waals surface area contributed by atoms with Crippen LogP contribution < -0.4 is 11.1 Å². The van der Waals surface area contributed by atoms with Crippen LogP contribution in [0.3, 0.4) is 0 Å². The Kier molecular flexibility index (Phi) is 3.03. The number of carboxylic acid groups (broad SMARTS) is 1. The van der Waals surface area contributed by atoms with Gasteiger partial charge in [-0.3, -0.25) is 5.32 Å². The van der Waals surface area contributed by atoms with Crippen LogP contribution in [0, 0.1) is 5.82 Å². The number of benzene rings is 1. The van der Waals surface area contributed by atoms with E-state index in [9.17, 15) is 9.18 Å². The van der Waals surface area contributed by atoms with Gasteiger partial charge in [0.25, 0.3) is 0 Å². The molecule has 1 aromatic carbocycles. The molecule has 0 aromatic heterocycles. The predicted octanol–water partition coefficient (Wildman–Crippen LogP) is 1.94. The van der Waals surface area contributed by atoms with E-state index in [1.165, 1.54) is 12.1 Å². The number of rotatable bonds is 2. The van der Waals surface area contributed by atoms with Crippen LogP contribution in [0.1, 0.15) is 18.5 Å². The summed E-state index contributed by atoms with van der Waals surface area (Å²) in [5.41, 5.74) is 6.09. The van der Waals surface area contributed by atoms with Crippen molar-refractivity contribution in [3.05, 3.63) is 29.6 Å². The van der Waals surface area contributed by atoms with Crippen molar-refractivity contribution in [2.24, 2.45) is 5.73 Å². The summed E-state index contributed by atoms with van der Waals surface area (Å²) < 4.78 is 13.2. The largest absolute Gasteiger partial charge is 0.465 e. The predicted molar refractivity (Wildman–Crippen MR) is 50.6 cm³/mol. The smallest absolute Gasteiger partial charge is 0.409 e. The molecule has 14 heavy (non-hydrogen) atoms. The molecule has 0 radical (unpaired) electrons. The minimum atomic E-state index is -1.29. The Morgan fingerprint density at radius 1 is 1.64 bits per heavy atom. The van der Waals surface area contributed by atoms with Crippen molar-refractivity contribution >= 4 is 11.8 Å². The first-order valence-electron chi connectivity index (χ1n) is 4.05. The van der Waals surface area contributed by atoms with Crippen LogP contribution in [0.4, 0.5) is 14.9 Å². The van der Waals surface area contributed by atoms with Gasteiger partial charge in [0.2, 0.25) is 0 Å². The van der Waals surface area contributed by atoms with Crippen molar-refractivity contribution < 1.29 is 14.3 Å². The number of nitrogens with two attached hydrogens (primary N) is 1. The number of hydrogen-bond acceptors (Lipinski definition) is 2. The van der Waals surface area contributed by atoms with Gasteiger partial charge in [-0.2, -0.15) is 0 Å². The lowest BCUT2D eigenvalue weighted by molar-refractivity contribution is 0.209. The zero-order chi connectivity index (χ0) is 10.7. The highest BCUT2D eigenvalue weighted by Gasteiger charge is 2.07. The molecule has 0 aliphatic rings. The molecular formula is C9H11FN2O2. The number of nitrogens with one attached hydrogen (secondary N) is 1. The summed E-state index contributed by atoms with van der Waals surface area (Å²) in [7, 11) is 0. The fraction of sp³-hybridized carbons (Fsp3) is 0.222. The zero-order valence-electron chi connectivity index (χ0n) is 7.62. The molecule has 76 valence electrons. The van der Waals surface area contributed by atoms with Gasteiger partial charge in [0.05, 0.1) is 5.69 Å². The molecule has 0 heterocycles. The average Bonchev–Trinajstić information content (AvgIpc) is 2.07. The first kappa shape index (κ1) is 10.5. The minimum absolute atomic E-state index is 0.0677. The maximum absolute atomic E-state index is 13.2. The number of hydrogen-bond donors (Lipinski definition) is 3. The van der Waals surface area contributed by atoms with Crippen LogP contribution in [0.15, 0.2) is 18.2 Å². The molecule has 4 N–H and O–H groups in total. The van der Waals surface area contributed by atoms with E-state index >= 15 is 0 Å². The Hall–Kier alpha value is -1.62. The van der Waals surface area contributed by atoms with Gasteiger partial charge in [0.1, 0.15) is 5.82 Å². The quantitative estimate of drug-likeness (QED) is 0.679. The summed E-state index contributed by atoms with van der Waals surface area (Å²) in [6.07, 6.45) is -1.29. The molecule has 1 aromatic rings. The molecule has 4 nitrogen and oxygen atoms in total. The van der Waals surface area contributed by atoms with Gasteiger partial charge in [0.15, 0.2) is 0 Å². The molecule has 5 heteroatoms. The summed E-state index contributed by atoms with van der Waals surface area (Å²) >= 11 is 0. The SMILES string of the molecule is C[C@H](N)c1ccc(NC(=O)O)c(F)c1. The summed E-state index contributed by atoms with van der Waals surface area (Å²) in [5, 5.41) is 10.3. The Morgan fingerprint density at radius 2 is 2.29 bits per heavy atom. The van der Waals surface area contributed by atoms with Gasteiger partial charge in [0, 0.05) is 6.04 Å². The maximum Gasteiger partial charge on any atom is 0.409 e. The second-order valence-corrected chi connectivity index (χ2v) is 2.96. The van der Waals surface area contributed by atoms with Crippen molar-refractivity contribution in [1.82, 2.24) is 0 Å². The second-order valence-electron chi connectivity index (χ2n) is 2.96. The molecule has 0 fully saturated rings. The van der Waals surface area contributed by atoms with Crippen molar-refractivity contribution in [3.8, 4) is 0 Å². The van der Waals surface area contributed by atoms with Crippen LogP contribution in [0.5, 0.6) is 0 Å². The summed E-state index contributed by atoms with van der Waals surface area (Å²) in [5.74, 6) is -0.623. The van der Waals surface area contributed by atoms with Crippen LogP contribution in [0.25, 0.3) is 0 Å². The molecule has 0 saturated carbocycles. The third kappa shape index (κ3) is 2.43. The average molecular weight is 198 g/mol. The van der Waals surface area contributed by atoms with Crippen LogP contribution in [0.2, 0.25) is 0 Å². The van der Waals surface area contributed by atoms with Gasteiger partial charge in [-0.1, -0.05) is 6.07 Å². The highest BCUT2D eigenvalue weighted by molar-refractivity contribution is 5.82. The minimum Gasteiger partial charge on any atom is -0.465 e. The normalized spacial score (nSPS) is 12.2. The topological polar surface area (TPSA) is 75.3 Å². The van der Waals surface area contributed by atoms with E-state index in [-0.39, 0.29) is 11.7 Å². The molecule has 1 atom stereocenters. The third-order valence-corrected chi connectivity index (χ3v) is 1.76. The lowest BCUT2D eigenvalue weighted by Gasteiger charge is -2.08. The molecule has 0 unspecified atom stereocenters. The zero-order valence-corrected chi connectivity index (χ0v) is 7.62. The highest BCUT2D eigenvalue weighted by Crippen LogP contribution is 2.18. The van der Waals surface area contributed by atoms with Crippen molar-refractivity contribution in [1.29, 1.82) is 0 Å². The van der Waals surface area contributed by atoms with Crippen molar-refractivity contribution in [2.75, 3.05) is 5.32 Å². The van der Waals surface area contributed by atoms with Gasteiger partial charge >= 0.3 is 6.09 Å². The molecule has 0 bridgehead atoms. The van der Waals surface area contributed by atoms with Gasteiger partial charge in [-0.15, -0.1) is 0 Å². The van der Waals surface area contributed by atoms with Crippen LogP contribution in [-0.2, 0) is 0 Å². The molecule has 1 amide bonds. The Labute approximate surface area is 80.5 Å². The maximum atomic E-state index is 13.2. The van der Waals surface area contributed by atoms with Gasteiger partial charge < -0.3 is 10.8 Å². The van der Waals surface area contributed by atoms with E-state index in [1.54, 1.807) is 13.0 Å². The summed E-state index contributed by atoms with van der Waals surface area (Å²) in [6.45, 7) is 1.72. The lowest BCUT2D eigenvalue weighted by atomic mass is 10.1. The van der Waals surface area contributed by atoms with E-state index in [0.717, 1.165) is 0 Å². The highest BCUT2D eigenvalue weighted by atomic mass is 19.1. The Morgan fingerprint density at radius 3 is 2.71 bits per heavy atom. The monoisotopic (exact) mass is 198 g/mol. The van der Waals surface area contributed by atoms with E-state index in [1.807, 2.05) is 5.32 Å². The van der Waals surface area contributed by atoms with Crippen LogP contribution >= 0.6 is 0 Å². The third-order valence-electron chi connectivity index (χ3n) is 1.76. The van der Waals surface area contributed by atoms with E-state index in [0.29, 0.717) is 5.56 Å². The first-order valence-corrected chi connectivity index (χ1v) is 4.05. The van der Waals surface area contributed by atoms with Gasteiger partial charge in [-0.25, -0.2) is 9.18 Å². The summed E-state index contributed by atoms with van der Waals surface area (Å²) in [6, 6.07) is 3.88. The molecule has 0 saturated heterocycles. The molecule has 0 spiro atoms. The van der Waals surface area contributed by atoms with Crippen molar-refractivity contribution in [3.63, 3.8) is 0 Å². The standard InChI is InChI=1S/C9H11FN2O2/c1-5(11)6-2-3-8(7(10)4-6)12-9(13)14/h2-5,12H,11H2,1H3,(H,13,14)/t5-/m0/s1. The van der Waals surface area contributed by atoms with Gasteiger partial charge in [-0.05, 0) is 24.6 Å². The van der Waals surface area contributed by atoms with E-state index in [4.69, 9.17) is 10.8 Å². The van der Waals surface area contributed by atoms with Crippen LogP contribution in [-0.4, -0.2) is 11.2 Å². The molecular weight excluding hydrogens is 187 g/mol. The molecule has 1 rings (SSSR count). The fourth-order valence-corrected chi connectivity index (χ4v) is 1.03.